The van der Waals surface area contributed by atoms with Gasteiger partial charge in [0.2, 0.25) is 0 Å². The van der Waals surface area contributed by atoms with Crippen molar-refractivity contribution < 1.29 is 24.4 Å². The fourth-order valence-corrected chi connectivity index (χ4v) is 3.63. The van der Waals surface area contributed by atoms with Gasteiger partial charge in [-0.25, -0.2) is 0 Å². The third-order valence-electron chi connectivity index (χ3n) is 5.66. The molecule has 3 rings (SSSR count). The second-order valence-electron chi connectivity index (χ2n) is 9.75. The number of rotatable bonds is 8. The Labute approximate surface area is 214 Å². The van der Waals surface area contributed by atoms with Gasteiger partial charge >= 0.3 is 0 Å². The molecule has 0 bridgehead atoms. The van der Waals surface area contributed by atoms with E-state index in [1.54, 1.807) is 6.92 Å². The molecule has 0 unspecified atom stereocenters. The van der Waals surface area contributed by atoms with E-state index in [-0.39, 0.29) is 18.6 Å². The highest BCUT2D eigenvalue weighted by Crippen LogP contribution is 2.30. The zero-order valence-corrected chi connectivity index (χ0v) is 23.6. The molecule has 0 saturated carbocycles. The Morgan fingerprint density at radius 1 is 0.848 bits per heavy atom. The standard InChI is InChI=1S/C13H19BrO3.C13H17BrO2/c1-9-4-11(5-10(2)12(9)14)17-8-13(3,6-15)7-16;1-9-4-11(5-10(2)12(9)14)16-8-13(3)6-15-7-13/h4-5,15-16H,6-8H2,1-3H3;4-5H,6-8H2,1-3H3. The molecule has 2 aromatic rings. The maximum absolute atomic E-state index is 9.17. The van der Waals surface area contributed by atoms with E-state index in [0.717, 1.165) is 51.4 Å². The van der Waals surface area contributed by atoms with Gasteiger partial charge in [0, 0.05) is 19.8 Å². The van der Waals surface area contributed by atoms with E-state index >= 15 is 0 Å². The van der Waals surface area contributed by atoms with Crippen LogP contribution in [-0.4, -0.2) is 49.9 Å². The largest absolute Gasteiger partial charge is 0.493 e. The van der Waals surface area contributed by atoms with Crippen LogP contribution in [0.3, 0.4) is 0 Å². The number of benzene rings is 2. The summed E-state index contributed by atoms with van der Waals surface area (Å²) in [7, 11) is 0. The fourth-order valence-electron chi connectivity index (χ4n) is 3.17. The first-order valence-electron chi connectivity index (χ1n) is 11.0. The lowest BCUT2D eigenvalue weighted by molar-refractivity contribution is -0.120. The van der Waals surface area contributed by atoms with Gasteiger partial charge in [0.05, 0.1) is 39.6 Å². The minimum Gasteiger partial charge on any atom is -0.493 e. The van der Waals surface area contributed by atoms with Crippen LogP contribution in [0.25, 0.3) is 0 Å². The molecule has 0 amide bonds. The van der Waals surface area contributed by atoms with Crippen LogP contribution in [0.4, 0.5) is 0 Å². The van der Waals surface area contributed by atoms with E-state index < -0.39 is 5.41 Å². The molecule has 0 radical (unpaired) electrons. The first kappa shape index (κ1) is 28.1. The van der Waals surface area contributed by atoms with Crippen molar-refractivity contribution in [3.05, 3.63) is 55.5 Å². The van der Waals surface area contributed by atoms with Crippen molar-refractivity contribution in [3.8, 4) is 11.5 Å². The van der Waals surface area contributed by atoms with Crippen LogP contribution < -0.4 is 9.47 Å². The van der Waals surface area contributed by atoms with Crippen molar-refractivity contribution in [1.82, 2.24) is 0 Å². The lowest BCUT2D eigenvalue weighted by Gasteiger charge is -2.37. The van der Waals surface area contributed by atoms with E-state index in [1.165, 1.54) is 11.1 Å². The zero-order chi connectivity index (χ0) is 24.8. The molecule has 0 aliphatic carbocycles. The molecule has 1 saturated heterocycles. The molecule has 0 spiro atoms. The van der Waals surface area contributed by atoms with Crippen LogP contribution in [0.15, 0.2) is 33.2 Å². The van der Waals surface area contributed by atoms with Crippen molar-refractivity contribution >= 4 is 31.9 Å². The van der Waals surface area contributed by atoms with Crippen molar-refractivity contribution in [2.24, 2.45) is 10.8 Å². The summed E-state index contributed by atoms with van der Waals surface area (Å²) in [5.41, 5.74) is 4.24. The van der Waals surface area contributed by atoms with Gasteiger partial charge in [-0.05, 0) is 74.2 Å². The van der Waals surface area contributed by atoms with Gasteiger partial charge in [-0.15, -0.1) is 0 Å². The first-order chi connectivity index (χ1) is 15.4. The predicted octanol–water partition coefficient (Wildman–Crippen LogP) is 5.92. The van der Waals surface area contributed by atoms with Crippen LogP contribution in [-0.2, 0) is 4.74 Å². The summed E-state index contributed by atoms with van der Waals surface area (Å²) >= 11 is 7.05. The van der Waals surface area contributed by atoms with Crippen molar-refractivity contribution in [1.29, 1.82) is 0 Å². The smallest absolute Gasteiger partial charge is 0.119 e. The first-order valence-corrected chi connectivity index (χ1v) is 12.6. The molecule has 0 atom stereocenters. The Bertz CT molecular complexity index is 890. The van der Waals surface area contributed by atoms with Crippen LogP contribution in [0.2, 0.25) is 0 Å². The lowest BCUT2D eigenvalue weighted by atomic mass is 9.90. The zero-order valence-electron chi connectivity index (χ0n) is 20.4. The van der Waals surface area contributed by atoms with E-state index in [1.807, 2.05) is 26.0 Å². The van der Waals surface area contributed by atoms with Gasteiger partial charge < -0.3 is 24.4 Å². The normalized spacial score (nSPS) is 14.7. The number of aryl methyl sites for hydroxylation is 4. The Hall–Kier alpha value is -1.12. The van der Waals surface area contributed by atoms with Crippen molar-refractivity contribution in [2.75, 3.05) is 39.6 Å². The molecule has 5 nitrogen and oxygen atoms in total. The van der Waals surface area contributed by atoms with E-state index in [4.69, 9.17) is 24.4 Å². The summed E-state index contributed by atoms with van der Waals surface area (Å²) in [4.78, 5) is 0. The predicted molar refractivity (Wildman–Crippen MR) is 139 cm³/mol. The summed E-state index contributed by atoms with van der Waals surface area (Å²) in [5, 5.41) is 18.3. The third-order valence-corrected chi connectivity index (χ3v) is 8.16. The number of hydrogen-bond acceptors (Lipinski definition) is 5. The molecular formula is C26H36Br2O5. The van der Waals surface area contributed by atoms with Crippen molar-refractivity contribution in [3.63, 3.8) is 0 Å². The van der Waals surface area contributed by atoms with Gasteiger partial charge in [-0.1, -0.05) is 45.7 Å². The highest BCUT2D eigenvalue weighted by molar-refractivity contribution is 9.10. The number of hydrogen-bond donors (Lipinski definition) is 2. The number of ether oxygens (including phenoxy) is 3. The second-order valence-corrected chi connectivity index (χ2v) is 11.3. The highest BCUT2D eigenvalue weighted by atomic mass is 79.9. The molecule has 1 fully saturated rings. The number of halogens is 2. The summed E-state index contributed by atoms with van der Waals surface area (Å²) in [6.07, 6.45) is 0. The molecule has 0 aromatic heterocycles. The van der Waals surface area contributed by atoms with E-state index in [0.29, 0.717) is 6.61 Å². The van der Waals surface area contributed by atoms with Crippen LogP contribution in [0, 0.1) is 38.5 Å². The van der Waals surface area contributed by atoms with Gasteiger partial charge in [-0.2, -0.15) is 0 Å². The fraction of sp³-hybridized carbons (Fsp3) is 0.538. The minimum absolute atomic E-state index is 0.0992. The minimum atomic E-state index is -0.602. The average Bonchev–Trinajstić information content (AvgIpc) is 2.77. The molecule has 2 aromatic carbocycles. The van der Waals surface area contributed by atoms with Crippen molar-refractivity contribution in [2.45, 2.75) is 41.5 Å². The molecule has 1 aliphatic rings. The van der Waals surface area contributed by atoms with Crippen LogP contribution in [0.5, 0.6) is 11.5 Å². The monoisotopic (exact) mass is 586 g/mol. The molecular weight excluding hydrogens is 552 g/mol. The van der Waals surface area contributed by atoms with Crippen LogP contribution >= 0.6 is 31.9 Å². The topological polar surface area (TPSA) is 68.2 Å². The molecule has 1 heterocycles. The Balaban J connectivity index is 0.000000234. The maximum Gasteiger partial charge on any atom is 0.119 e. The van der Waals surface area contributed by atoms with Gasteiger partial charge in [0.1, 0.15) is 11.5 Å². The maximum atomic E-state index is 9.17. The lowest BCUT2D eigenvalue weighted by Crippen LogP contribution is -2.44. The molecule has 33 heavy (non-hydrogen) atoms. The Kier molecular flexibility index (Phi) is 10.2. The Morgan fingerprint density at radius 3 is 1.58 bits per heavy atom. The van der Waals surface area contributed by atoms with Gasteiger partial charge in [0.15, 0.2) is 0 Å². The second kappa shape index (κ2) is 12.0. The summed E-state index contributed by atoms with van der Waals surface area (Å²) < 4.78 is 18.9. The Morgan fingerprint density at radius 2 is 1.24 bits per heavy atom. The van der Waals surface area contributed by atoms with Gasteiger partial charge in [-0.3, -0.25) is 0 Å². The molecule has 1 aliphatic heterocycles. The van der Waals surface area contributed by atoms with E-state index in [9.17, 15) is 0 Å². The summed E-state index contributed by atoms with van der Waals surface area (Å²) in [5.74, 6) is 1.71. The molecule has 7 heteroatoms. The third kappa shape index (κ3) is 7.96. The van der Waals surface area contributed by atoms with E-state index in [2.05, 4.69) is 64.8 Å². The van der Waals surface area contributed by atoms with Crippen LogP contribution in [0.1, 0.15) is 36.1 Å². The highest BCUT2D eigenvalue weighted by Gasteiger charge is 2.34. The SMILES string of the molecule is Cc1cc(OCC(C)(CO)CO)cc(C)c1Br.Cc1cc(OCC2(C)COC2)cc(C)c1Br. The summed E-state index contributed by atoms with van der Waals surface area (Å²) in [6.45, 7) is 14.6. The molecule has 184 valence electrons. The number of aliphatic hydroxyl groups is 2. The molecule has 2 N–H and O–H groups in total. The summed E-state index contributed by atoms with van der Waals surface area (Å²) in [6, 6.07) is 8.01. The van der Waals surface area contributed by atoms with Gasteiger partial charge in [0.25, 0.3) is 0 Å². The average molecular weight is 588 g/mol. The quantitative estimate of drug-likeness (QED) is 0.401. The number of aliphatic hydroxyl groups excluding tert-OH is 2.